The van der Waals surface area contributed by atoms with E-state index in [1.165, 1.54) is 26.3 Å². The molecule has 0 aliphatic carbocycles. The van der Waals surface area contributed by atoms with Crippen LogP contribution in [-0.2, 0) is 14.3 Å². The Labute approximate surface area is 168 Å². The van der Waals surface area contributed by atoms with Crippen molar-refractivity contribution in [2.24, 2.45) is 0 Å². The predicted octanol–water partition coefficient (Wildman–Crippen LogP) is 3.73. The lowest BCUT2D eigenvalue weighted by atomic mass is 10.2. The zero-order chi connectivity index (χ0) is 20.5. The second kappa shape index (κ2) is 10.3. The average Bonchev–Trinajstić information content (AvgIpc) is 2.69. The maximum Gasteiger partial charge on any atom is 0.331 e. The van der Waals surface area contributed by atoms with Crippen molar-refractivity contribution >= 4 is 35.4 Å². The predicted molar refractivity (Wildman–Crippen MR) is 107 cm³/mol. The van der Waals surface area contributed by atoms with E-state index in [-0.39, 0.29) is 0 Å². The van der Waals surface area contributed by atoms with Gasteiger partial charge in [-0.05, 0) is 49.8 Å². The first-order valence-electron chi connectivity index (χ1n) is 8.55. The maximum atomic E-state index is 12.1. The Morgan fingerprint density at radius 1 is 1.25 bits per heavy atom. The molecule has 1 amide bonds. The number of aromatic nitrogens is 1. The number of carbonyl (C=O) groups is 2. The van der Waals surface area contributed by atoms with Crippen LogP contribution in [0.4, 0.5) is 5.82 Å². The summed E-state index contributed by atoms with van der Waals surface area (Å²) in [4.78, 5) is 28.0. The van der Waals surface area contributed by atoms with Crippen LogP contribution in [0.5, 0.6) is 11.5 Å². The van der Waals surface area contributed by atoms with Gasteiger partial charge in [0.2, 0.25) is 0 Å². The highest BCUT2D eigenvalue weighted by atomic mass is 35.5. The van der Waals surface area contributed by atoms with Gasteiger partial charge in [0, 0.05) is 12.3 Å². The smallest absolute Gasteiger partial charge is 0.331 e. The number of benzene rings is 1. The first-order valence-corrected chi connectivity index (χ1v) is 8.92. The summed E-state index contributed by atoms with van der Waals surface area (Å²) in [6.07, 6.45) is 3.21. The fourth-order valence-electron chi connectivity index (χ4n) is 2.17. The summed E-state index contributed by atoms with van der Waals surface area (Å²) in [5.74, 6) is 0.333. The molecule has 1 N–H and O–H groups in total. The highest BCUT2D eigenvalue weighted by Gasteiger charge is 2.17. The van der Waals surface area contributed by atoms with Crippen molar-refractivity contribution in [2.45, 2.75) is 20.0 Å². The molecular weight excluding hydrogens is 384 g/mol. The van der Waals surface area contributed by atoms with Crippen LogP contribution < -0.4 is 14.8 Å². The van der Waals surface area contributed by atoms with Crippen LogP contribution in [0.15, 0.2) is 42.6 Å². The number of nitrogens with zero attached hydrogens (tertiary/aromatic N) is 1. The van der Waals surface area contributed by atoms with Crippen LogP contribution >= 0.6 is 11.6 Å². The second-order valence-electron chi connectivity index (χ2n) is 5.61. The van der Waals surface area contributed by atoms with Gasteiger partial charge >= 0.3 is 5.97 Å². The lowest BCUT2D eigenvalue weighted by Crippen LogP contribution is -2.29. The van der Waals surface area contributed by atoms with E-state index in [0.29, 0.717) is 28.9 Å². The Balaban J connectivity index is 1.93. The molecule has 0 saturated heterocycles. The molecule has 2 rings (SSSR count). The summed E-state index contributed by atoms with van der Waals surface area (Å²) in [6, 6.07) is 8.40. The Bertz CT molecular complexity index is 852. The van der Waals surface area contributed by atoms with Gasteiger partial charge in [0.05, 0.1) is 18.7 Å². The third-order valence-electron chi connectivity index (χ3n) is 3.54. The van der Waals surface area contributed by atoms with Crippen molar-refractivity contribution in [2.75, 3.05) is 19.0 Å². The van der Waals surface area contributed by atoms with Gasteiger partial charge in [-0.15, -0.1) is 0 Å². The number of rotatable bonds is 8. The maximum absolute atomic E-state index is 12.1. The molecule has 1 aromatic carbocycles. The molecule has 1 heterocycles. The molecule has 0 spiro atoms. The molecule has 8 heteroatoms. The van der Waals surface area contributed by atoms with Crippen LogP contribution in [0.1, 0.15) is 19.4 Å². The summed E-state index contributed by atoms with van der Waals surface area (Å²) in [5, 5.41) is 2.99. The third kappa shape index (κ3) is 6.28. The van der Waals surface area contributed by atoms with Crippen molar-refractivity contribution in [3.63, 3.8) is 0 Å². The standard InChI is InChI=1S/C20H21ClN2O5/c1-4-27-16-8-5-14(11-17(16)26-3)6-10-19(24)28-13(2)20(25)23-18-9-7-15(21)12-22-18/h5-13H,4H2,1-3H3,(H,22,23,25)/b10-6+. The number of esters is 1. The highest BCUT2D eigenvalue weighted by Crippen LogP contribution is 2.28. The molecule has 0 bridgehead atoms. The van der Waals surface area contributed by atoms with Crippen molar-refractivity contribution < 1.29 is 23.8 Å². The quantitative estimate of drug-likeness (QED) is 0.533. The number of pyridine rings is 1. The first kappa shape index (κ1) is 21.2. The molecule has 28 heavy (non-hydrogen) atoms. The van der Waals surface area contributed by atoms with E-state index >= 15 is 0 Å². The minimum absolute atomic E-state index is 0.314. The molecule has 0 saturated carbocycles. The molecule has 0 aliphatic rings. The van der Waals surface area contributed by atoms with E-state index in [9.17, 15) is 9.59 Å². The molecule has 7 nitrogen and oxygen atoms in total. The van der Waals surface area contributed by atoms with Crippen LogP contribution in [0, 0.1) is 0 Å². The van der Waals surface area contributed by atoms with Crippen LogP contribution in [0.25, 0.3) is 6.08 Å². The zero-order valence-electron chi connectivity index (χ0n) is 15.8. The number of ether oxygens (including phenoxy) is 3. The summed E-state index contributed by atoms with van der Waals surface area (Å²) in [7, 11) is 1.54. The fraction of sp³-hybridized carbons (Fsp3) is 0.250. The van der Waals surface area contributed by atoms with E-state index in [4.69, 9.17) is 25.8 Å². The highest BCUT2D eigenvalue weighted by molar-refractivity contribution is 6.30. The summed E-state index contributed by atoms with van der Waals surface area (Å²) in [5.41, 5.74) is 0.722. The van der Waals surface area contributed by atoms with Crippen molar-refractivity contribution in [1.29, 1.82) is 0 Å². The molecule has 1 aromatic heterocycles. The van der Waals surface area contributed by atoms with Crippen LogP contribution in [0.3, 0.4) is 0 Å². The van der Waals surface area contributed by atoms with Crippen molar-refractivity contribution in [3.05, 3.63) is 53.2 Å². The second-order valence-corrected chi connectivity index (χ2v) is 6.04. The molecule has 2 aromatic rings. The number of halogens is 1. The van der Waals surface area contributed by atoms with Gasteiger partial charge < -0.3 is 19.5 Å². The SMILES string of the molecule is CCOc1ccc(/C=C/C(=O)OC(C)C(=O)Nc2ccc(Cl)cn2)cc1OC. The number of anilines is 1. The Morgan fingerprint density at radius 2 is 2.04 bits per heavy atom. The lowest BCUT2D eigenvalue weighted by molar-refractivity contribution is -0.148. The topological polar surface area (TPSA) is 86.8 Å². The minimum atomic E-state index is -0.996. The number of nitrogens with one attached hydrogen (secondary N) is 1. The largest absolute Gasteiger partial charge is 0.493 e. The van der Waals surface area contributed by atoms with Crippen molar-refractivity contribution in [3.8, 4) is 11.5 Å². The first-order chi connectivity index (χ1) is 13.4. The van der Waals surface area contributed by atoms with E-state index in [1.807, 2.05) is 6.92 Å². The number of carbonyl (C=O) groups excluding carboxylic acids is 2. The summed E-state index contributed by atoms with van der Waals surface area (Å²) < 4.78 is 15.8. The normalized spacial score (nSPS) is 11.7. The fourth-order valence-corrected chi connectivity index (χ4v) is 2.28. The molecule has 0 aliphatic heterocycles. The summed E-state index contributed by atoms with van der Waals surface area (Å²) in [6.45, 7) is 3.86. The number of hydrogen-bond acceptors (Lipinski definition) is 6. The molecule has 148 valence electrons. The summed E-state index contributed by atoms with van der Waals surface area (Å²) >= 11 is 5.74. The molecular formula is C20H21ClN2O5. The Hall–Kier alpha value is -3.06. The van der Waals surface area contributed by atoms with Gasteiger partial charge in [0.25, 0.3) is 5.91 Å². The molecule has 0 fully saturated rings. The monoisotopic (exact) mass is 404 g/mol. The molecule has 1 atom stereocenters. The van der Waals surface area contributed by atoms with Gasteiger partial charge in [-0.1, -0.05) is 17.7 Å². The van der Waals surface area contributed by atoms with Crippen molar-refractivity contribution in [1.82, 2.24) is 4.98 Å². The van der Waals surface area contributed by atoms with Gasteiger partial charge in [-0.25, -0.2) is 9.78 Å². The number of amides is 1. The third-order valence-corrected chi connectivity index (χ3v) is 3.76. The Morgan fingerprint density at radius 3 is 2.68 bits per heavy atom. The zero-order valence-corrected chi connectivity index (χ0v) is 16.5. The lowest BCUT2D eigenvalue weighted by Gasteiger charge is -2.12. The molecule has 1 unspecified atom stereocenters. The molecule has 0 radical (unpaired) electrons. The van der Waals surface area contributed by atoms with E-state index in [0.717, 1.165) is 5.56 Å². The number of methoxy groups -OCH3 is 1. The minimum Gasteiger partial charge on any atom is -0.493 e. The van der Waals surface area contributed by atoms with Gasteiger partial charge in [0.15, 0.2) is 17.6 Å². The van der Waals surface area contributed by atoms with E-state index in [1.54, 1.807) is 36.4 Å². The van der Waals surface area contributed by atoms with Gasteiger partial charge in [0.1, 0.15) is 5.82 Å². The van der Waals surface area contributed by atoms with E-state index in [2.05, 4.69) is 10.3 Å². The van der Waals surface area contributed by atoms with Gasteiger partial charge in [-0.3, -0.25) is 4.79 Å². The average molecular weight is 405 g/mol. The Kier molecular flexibility index (Phi) is 7.83. The number of hydrogen-bond donors (Lipinski definition) is 1. The van der Waals surface area contributed by atoms with Crippen LogP contribution in [0.2, 0.25) is 5.02 Å². The van der Waals surface area contributed by atoms with E-state index < -0.39 is 18.0 Å². The van der Waals surface area contributed by atoms with Gasteiger partial charge in [-0.2, -0.15) is 0 Å². The van der Waals surface area contributed by atoms with Crippen LogP contribution in [-0.4, -0.2) is 36.7 Å².